The lowest BCUT2D eigenvalue weighted by molar-refractivity contribution is 0.378. The molecule has 0 radical (unpaired) electrons. The van der Waals surface area contributed by atoms with Gasteiger partial charge in [-0.2, -0.15) is 9.37 Å². The van der Waals surface area contributed by atoms with Crippen LogP contribution >= 0.6 is 0 Å². The van der Waals surface area contributed by atoms with Crippen molar-refractivity contribution in [1.29, 1.82) is 0 Å². The van der Waals surface area contributed by atoms with Crippen LogP contribution in [0.15, 0.2) is 87.8 Å². The van der Waals surface area contributed by atoms with Gasteiger partial charge in [0.05, 0.1) is 19.1 Å². The number of rotatable bonds is 7. The molecule has 2 aromatic carbocycles. The van der Waals surface area contributed by atoms with E-state index >= 15 is 0 Å². The zero-order valence-corrected chi connectivity index (χ0v) is 23.8. The Morgan fingerprint density at radius 3 is 2.21 bits per heavy atom. The monoisotopic (exact) mass is 588 g/mol. The largest absolute Gasteiger partial charge is 0.494 e. The molecule has 10 nitrogen and oxygen atoms in total. The van der Waals surface area contributed by atoms with Crippen LogP contribution in [0.3, 0.4) is 0 Å². The lowest BCUT2D eigenvalue weighted by atomic mass is 10.0. The Bertz CT molecular complexity index is 1970. The molecule has 3 aromatic heterocycles. The maximum absolute atomic E-state index is 14.0. The van der Waals surface area contributed by atoms with E-state index in [2.05, 4.69) is 15.0 Å². The van der Waals surface area contributed by atoms with Gasteiger partial charge in [-0.3, -0.25) is 14.3 Å². The number of hydrogen-bond acceptors (Lipinski definition) is 9. The van der Waals surface area contributed by atoms with Crippen molar-refractivity contribution in [3.05, 3.63) is 101 Å². The van der Waals surface area contributed by atoms with Crippen LogP contribution in [0.25, 0.3) is 28.2 Å². The molecular weight excluding hydrogens is 563 g/mol. The Kier molecular flexibility index (Phi) is 7.48. The number of sulfone groups is 1. The first-order valence-corrected chi connectivity index (χ1v) is 14.0. The van der Waals surface area contributed by atoms with E-state index in [9.17, 15) is 22.7 Å². The molecule has 0 spiro atoms. The van der Waals surface area contributed by atoms with Crippen molar-refractivity contribution < 1.29 is 27.4 Å². The van der Waals surface area contributed by atoms with E-state index < -0.39 is 32.1 Å². The maximum Gasteiger partial charge on any atom is 0.296 e. The number of pyridine rings is 2. The lowest BCUT2D eigenvalue weighted by Gasteiger charge is -2.21. The van der Waals surface area contributed by atoms with Gasteiger partial charge in [0.1, 0.15) is 17.2 Å². The summed E-state index contributed by atoms with van der Waals surface area (Å²) in [6.07, 6.45) is 4.34. The quantitative estimate of drug-likeness (QED) is 0.269. The van der Waals surface area contributed by atoms with E-state index in [4.69, 9.17) is 9.47 Å². The van der Waals surface area contributed by atoms with Gasteiger partial charge in [-0.05, 0) is 66.9 Å². The van der Waals surface area contributed by atoms with Gasteiger partial charge in [0.15, 0.2) is 10.7 Å². The molecule has 1 N–H and O–H groups in total. The molecule has 5 rings (SSSR count). The molecule has 5 aromatic rings. The second-order valence-electron chi connectivity index (χ2n) is 9.29. The topological polar surface area (TPSA) is 134 Å². The standard InChI is InChI=1S/C30H25FN4O6S/c1-17-14-20(16-32-15-17)28-34-29(36)26(30(37)35(28)25-23(40-3)6-5-7-24(25)41-4)42(38,39)21-10-8-19(9-11-21)22-12-13-33-27(31)18(22)2/h5-16,37H,1-4H3. The number of halogens is 1. The molecular formula is C30H25FN4O6S. The van der Waals surface area contributed by atoms with E-state index in [1.54, 1.807) is 50.4 Å². The Morgan fingerprint density at radius 1 is 0.929 bits per heavy atom. The van der Waals surface area contributed by atoms with Crippen molar-refractivity contribution in [2.24, 2.45) is 0 Å². The van der Waals surface area contributed by atoms with E-state index in [0.29, 0.717) is 22.3 Å². The Hall–Kier alpha value is -5.10. The summed E-state index contributed by atoms with van der Waals surface area (Å²) in [5, 5.41) is 11.6. The van der Waals surface area contributed by atoms with E-state index in [1.807, 2.05) is 0 Å². The number of hydrogen-bond donors (Lipinski definition) is 1. The summed E-state index contributed by atoms with van der Waals surface area (Å²) in [6, 6.07) is 13.6. The SMILES string of the molecule is COc1cccc(OC)c1-n1c(-c2cncc(C)c2)nc(=O)c(S(=O)(=O)c2ccc(-c3ccnc(F)c3C)cc2)c1O. The molecule has 0 aliphatic rings. The van der Waals surface area contributed by atoms with Gasteiger partial charge in [0.2, 0.25) is 21.7 Å². The lowest BCUT2D eigenvalue weighted by Crippen LogP contribution is -2.23. The highest BCUT2D eigenvalue weighted by atomic mass is 32.2. The highest BCUT2D eigenvalue weighted by molar-refractivity contribution is 7.91. The first-order valence-electron chi connectivity index (χ1n) is 12.5. The smallest absolute Gasteiger partial charge is 0.296 e. The summed E-state index contributed by atoms with van der Waals surface area (Å²) in [7, 11) is -1.83. The van der Waals surface area contributed by atoms with Crippen LogP contribution in [0.5, 0.6) is 17.4 Å². The highest BCUT2D eigenvalue weighted by Crippen LogP contribution is 2.40. The van der Waals surface area contributed by atoms with E-state index in [1.165, 1.54) is 50.9 Å². The zero-order chi connectivity index (χ0) is 30.2. The summed E-state index contributed by atoms with van der Waals surface area (Å²) >= 11 is 0. The third kappa shape index (κ3) is 4.85. The molecule has 0 saturated carbocycles. The van der Waals surface area contributed by atoms with Gasteiger partial charge < -0.3 is 14.6 Å². The van der Waals surface area contributed by atoms with E-state index in [-0.39, 0.29) is 27.9 Å². The van der Waals surface area contributed by atoms with Gasteiger partial charge in [-0.25, -0.2) is 13.4 Å². The normalized spacial score (nSPS) is 11.4. The summed E-state index contributed by atoms with van der Waals surface area (Å²) in [6.45, 7) is 3.35. The van der Waals surface area contributed by atoms with Crippen molar-refractivity contribution in [3.63, 3.8) is 0 Å². The Balaban J connectivity index is 1.77. The summed E-state index contributed by atoms with van der Waals surface area (Å²) in [5.74, 6) is -1.20. The molecule has 42 heavy (non-hydrogen) atoms. The van der Waals surface area contributed by atoms with Crippen molar-refractivity contribution in [2.45, 2.75) is 23.6 Å². The molecule has 12 heteroatoms. The van der Waals surface area contributed by atoms with Crippen LogP contribution in [0.4, 0.5) is 4.39 Å². The summed E-state index contributed by atoms with van der Waals surface area (Å²) in [5.41, 5.74) is 1.37. The minimum absolute atomic E-state index is 0.0824. The first kappa shape index (κ1) is 28.4. The number of para-hydroxylation sites is 1. The average molecular weight is 589 g/mol. The van der Waals surface area contributed by atoms with Crippen LogP contribution in [0.1, 0.15) is 11.1 Å². The number of aromatic hydroxyl groups is 1. The van der Waals surface area contributed by atoms with Gasteiger partial charge in [0.25, 0.3) is 5.56 Å². The van der Waals surface area contributed by atoms with Crippen LogP contribution in [-0.4, -0.2) is 47.3 Å². The molecule has 0 unspecified atom stereocenters. The molecule has 0 fully saturated rings. The third-order valence-corrected chi connectivity index (χ3v) is 8.46. The van der Waals surface area contributed by atoms with Crippen molar-refractivity contribution in [1.82, 2.24) is 19.5 Å². The van der Waals surface area contributed by atoms with Crippen molar-refractivity contribution >= 4 is 9.84 Å². The number of ether oxygens (including phenoxy) is 2. The van der Waals surface area contributed by atoms with Gasteiger partial charge in [-0.1, -0.05) is 18.2 Å². The second kappa shape index (κ2) is 11.1. The predicted octanol–water partition coefficient (Wildman–Crippen LogP) is 4.67. The van der Waals surface area contributed by atoms with Crippen molar-refractivity contribution in [2.75, 3.05) is 14.2 Å². The zero-order valence-electron chi connectivity index (χ0n) is 23.0. The van der Waals surface area contributed by atoms with Gasteiger partial charge >= 0.3 is 0 Å². The average Bonchev–Trinajstić information content (AvgIpc) is 2.98. The number of methoxy groups -OCH3 is 2. The molecule has 0 saturated heterocycles. The predicted molar refractivity (Wildman–Crippen MR) is 152 cm³/mol. The molecule has 0 aliphatic carbocycles. The maximum atomic E-state index is 14.0. The van der Waals surface area contributed by atoms with E-state index in [0.717, 1.165) is 10.1 Å². The summed E-state index contributed by atoms with van der Waals surface area (Å²) < 4.78 is 53.9. The summed E-state index contributed by atoms with van der Waals surface area (Å²) in [4.78, 5) is 24.1. The number of nitrogens with zero attached hydrogens (tertiary/aromatic N) is 4. The fourth-order valence-electron chi connectivity index (χ4n) is 4.62. The fourth-order valence-corrected chi connectivity index (χ4v) is 5.96. The molecule has 0 atom stereocenters. The van der Waals surface area contributed by atoms with Crippen LogP contribution in [0, 0.1) is 19.8 Å². The van der Waals surface area contributed by atoms with Crippen LogP contribution in [-0.2, 0) is 9.84 Å². The first-order chi connectivity index (χ1) is 20.1. The molecule has 214 valence electrons. The second-order valence-corrected chi connectivity index (χ2v) is 11.2. The van der Waals surface area contributed by atoms with Gasteiger partial charge in [0, 0.05) is 29.7 Å². The number of benzene rings is 2. The Morgan fingerprint density at radius 2 is 1.60 bits per heavy atom. The molecule has 3 heterocycles. The minimum atomic E-state index is -4.62. The van der Waals surface area contributed by atoms with Gasteiger partial charge in [-0.15, -0.1) is 0 Å². The third-order valence-electron chi connectivity index (χ3n) is 6.67. The molecule has 0 aliphatic heterocycles. The molecule has 0 amide bonds. The van der Waals surface area contributed by atoms with Crippen LogP contribution < -0.4 is 15.0 Å². The fraction of sp³-hybridized carbons (Fsp3) is 0.133. The van der Waals surface area contributed by atoms with Crippen molar-refractivity contribution in [3.8, 4) is 45.6 Å². The number of aryl methyl sites for hydroxylation is 1. The highest BCUT2D eigenvalue weighted by Gasteiger charge is 2.32. The minimum Gasteiger partial charge on any atom is -0.494 e. The number of aromatic nitrogens is 4. The molecule has 0 bridgehead atoms. The Labute approximate surface area is 240 Å². The van der Waals surface area contributed by atoms with Crippen LogP contribution in [0.2, 0.25) is 0 Å².